The van der Waals surface area contributed by atoms with Crippen LogP contribution < -0.4 is 10.3 Å². The van der Waals surface area contributed by atoms with E-state index in [9.17, 15) is 4.79 Å². The molecule has 0 radical (unpaired) electrons. The highest BCUT2D eigenvalue weighted by Gasteiger charge is 2.19. The molecule has 0 N–H and O–H groups in total. The summed E-state index contributed by atoms with van der Waals surface area (Å²) in [6, 6.07) is 23.8. The lowest BCUT2D eigenvalue weighted by molar-refractivity contribution is 0.407. The van der Waals surface area contributed by atoms with Crippen LogP contribution in [0.5, 0.6) is 5.75 Å². The monoisotopic (exact) mass is 497 g/mol. The first-order valence-corrected chi connectivity index (χ1v) is 10.4. The number of halogens is 2. The lowest BCUT2D eigenvalue weighted by atomic mass is 9.99. The Kier molecular flexibility index (Phi) is 5.38. The molecule has 4 rings (SSSR count). The van der Waals surface area contributed by atoms with Crippen molar-refractivity contribution in [3.63, 3.8) is 0 Å². The molecule has 0 aliphatic heterocycles. The molecule has 0 amide bonds. The summed E-state index contributed by atoms with van der Waals surface area (Å²) in [6.45, 7) is 0.456. The van der Waals surface area contributed by atoms with E-state index in [2.05, 4.69) is 31.9 Å². The molecule has 5 heteroatoms. The summed E-state index contributed by atoms with van der Waals surface area (Å²) in [5, 5.41) is 0.980. The molecule has 0 spiro atoms. The SMILES string of the molecule is COc1c(-c2ccc(Br)cc2)c2ccccc2n(Cc2ccccc2Br)c1=O. The molecule has 4 aromatic rings. The molecule has 3 aromatic carbocycles. The summed E-state index contributed by atoms with van der Waals surface area (Å²) in [6.07, 6.45) is 0. The Morgan fingerprint density at radius 1 is 0.893 bits per heavy atom. The van der Waals surface area contributed by atoms with Crippen LogP contribution in [0.3, 0.4) is 0 Å². The van der Waals surface area contributed by atoms with Crippen LogP contribution in [0.15, 0.2) is 86.5 Å². The quantitative estimate of drug-likeness (QED) is 0.333. The molecular weight excluding hydrogens is 482 g/mol. The highest BCUT2D eigenvalue weighted by atomic mass is 79.9. The second-order valence-corrected chi connectivity index (χ2v) is 8.19. The fourth-order valence-corrected chi connectivity index (χ4v) is 4.10. The third-order valence-corrected chi connectivity index (χ3v) is 6.06. The lowest BCUT2D eigenvalue weighted by Crippen LogP contribution is -2.23. The van der Waals surface area contributed by atoms with Gasteiger partial charge in [-0.25, -0.2) is 0 Å². The van der Waals surface area contributed by atoms with Crippen molar-refractivity contribution in [1.29, 1.82) is 0 Å². The lowest BCUT2D eigenvalue weighted by Gasteiger charge is -2.18. The third-order valence-electron chi connectivity index (χ3n) is 4.75. The van der Waals surface area contributed by atoms with Crippen molar-refractivity contribution in [3.8, 4) is 16.9 Å². The number of fused-ring (bicyclic) bond motifs is 1. The number of aromatic nitrogens is 1. The molecule has 0 fully saturated rings. The molecule has 3 nitrogen and oxygen atoms in total. The van der Waals surface area contributed by atoms with Crippen LogP contribution in [0.4, 0.5) is 0 Å². The van der Waals surface area contributed by atoms with E-state index in [0.29, 0.717) is 12.3 Å². The molecule has 28 heavy (non-hydrogen) atoms. The predicted molar refractivity (Wildman–Crippen MR) is 121 cm³/mol. The molecule has 140 valence electrons. The van der Waals surface area contributed by atoms with Crippen molar-refractivity contribution in [2.24, 2.45) is 0 Å². The van der Waals surface area contributed by atoms with Crippen LogP contribution in [0, 0.1) is 0 Å². The number of hydrogen-bond donors (Lipinski definition) is 0. The van der Waals surface area contributed by atoms with Crippen molar-refractivity contribution < 1.29 is 4.74 Å². The standard InChI is InChI=1S/C23H17Br2NO2/c1-28-22-21(15-10-12-17(24)13-11-15)18-7-3-5-9-20(18)26(23(22)27)14-16-6-2-4-8-19(16)25/h2-13H,14H2,1H3. The zero-order chi connectivity index (χ0) is 19.7. The van der Waals surface area contributed by atoms with Gasteiger partial charge in [-0.2, -0.15) is 0 Å². The summed E-state index contributed by atoms with van der Waals surface area (Å²) in [5.74, 6) is 0.355. The normalized spacial score (nSPS) is 11.0. The van der Waals surface area contributed by atoms with Crippen LogP contribution in [0.25, 0.3) is 22.0 Å². The molecule has 0 saturated carbocycles. The summed E-state index contributed by atoms with van der Waals surface area (Å²) >= 11 is 7.06. The van der Waals surface area contributed by atoms with Crippen LogP contribution in [-0.2, 0) is 6.54 Å². The first-order chi connectivity index (χ1) is 13.6. The Hall–Kier alpha value is -2.37. The number of benzene rings is 3. The maximum atomic E-state index is 13.4. The van der Waals surface area contributed by atoms with Gasteiger partial charge in [0.15, 0.2) is 5.75 Å². The second kappa shape index (κ2) is 7.94. The van der Waals surface area contributed by atoms with Crippen molar-refractivity contribution in [1.82, 2.24) is 4.57 Å². The number of ether oxygens (including phenoxy) is 1. The van der Waals surface area contributed by atoms with Gasteiger partial charge in [-0.15, -0.1) is 0 Å². The number of rotatable bonds is 4. The van der Waals surface area contributed by atoms with Gasteiger partial charge in [0.2, 0.25) is 0 Å². The average molecular weight is 499 g/mol. The Labute approximate surface area is 179 Å². The molecule has 1 heterocycles. The number of pyridine rings is 1. The number of nitrogens with zero attached hydrogens (tertiary/aromatic N) is 1. The second-order valence-electron chi connectivity index (χ2n) is 6.41. The number of hydrogen-bond acceptors (Lipinski definition) is 2. The smallest absolute Gasteiger partial charge is 0.294 e. The van der Waals surface area contributed by atoms with Crippen LogP contribution in [0.2, 0.25) is 0 Å². The Morgan fingerprint density at radius 2 is 1.57 bits per heavy atom. The van der Waals surface area contributed by atoms with E-state index in [-0.39, 0.29) is 5.56 Å². The molecule has 0 atom stereocenters. The van der Waals surface area contributed by atoms with Crippen molar-refractivity contribution >= 4 is 42.8 Å². The van der Waals surface area contributed by atoms with E-state index in [0.717, 1.165) is 36.5 Å². The summed E-state index contributed by atoms with van der Waals surface area (Å²) < 4.78 is 9.36. The maximum Gasteiger partial charge on any atom is 0.294 e. The van der Waals surface area contributed by atoms with Gasteiger partial charge in [0, 0.05) is 19.9 Å². The topological polar surface area (TPSA) is 31.2 Å². The zero-order valence-electron chi connectivity index (χ0n) is 15.2. The first-order valence-electron chi connectivity index (χ1n) is 8.79. The van der Waals surface area contributed by atoms with E-state index in [1.165, 1.54) is 0 Å². The van der Waals surface area contributed by atoms with E-state index in [4.69, 9.17) is 4.74 Å². The fraction of sp³-hybridized carbons (Fsp3) is 0.0870. The Morgan fingerprint density at radius 3 is 2.29 bits per heavy atom. The van der Waals surface area contributed by atoms with Crippen LogP contribution >= 0.6 is 31.9 Å². The molecule has 0 bridgehead atoms. The first kappa shape index (κ1) is 19.0. The van der Waals surface area contributed by atoms with Gasteiger partial charge in [-0.05, 0) is 35.4 Å². The number of methoxy groups -OCH3 is 1. The Bertz CT molecular complexity index is 1210. The van der Waals surface area contributed by atoms with Crippen molar-refractivity contribution in [2.75, 3.05) is 7.11 Å². The fourth-order valence-electron chi connectivity index (χ4n) is 3.43. The third kappa shape index (κ3) is 3.40. The zero-order valence-corrected chi connectivity index (χ0v) is 18.3. The van der Waals surface area contributed by atoms with Gasteiger partial charge >= 0.3 is 0 Å². The largest absolute Gasteiger partial charge is 0.491 e. The highest BCUT2D eigenvalue weighted by Crippen LogP contribution is 2.35. The summed E-state index contributed by atoms with van der Waals surface area (Å²) in [4.78, 5) is 13.4. The molecule has 0 aliphatic rings. The van der Waals surface area contributed by atoms with Gasteiger partial charge < -0.3 is 9.30 Å². The van der Waals surface area contributed by atoms with Crippen molar-refractivity contribution in [2.45, 2.75) is 6.54 Å². The molecule has 0 unspecified atom stereocenters. The maximum absolute atomic E-state index is 13.4. The minimum atomic E-state index is -0.144. The summed E-state index contributed by atoms with van der Waals surface area (Å²) in [5.41, 5.74) is 3.53. The van der Waals surface area contributed by atoms with E-state index in [1.54, 1.807) is 11.7 Å². The highest BCUT2D eigenvalue weighted by molar-refractivity contribution is 9.10. The summed E-state index contributed by atoms with van der Waals surface area (Å²) in [7, 11) is 1.55. The molecular formula is C23H17Br2NO2. The van der Waals surface area contributed by atoms with Crippen molar-refractivity contribution in [3.05, 3.63) is 97.7 Å². The van der Waals surface area contributed by atoms with Crippen LogP contribution in [-0.4, -0.2) is 11.7 Å². The number of para-hydroxylation sites is 1. The minimum Gasteiger partial charge on any atom is -0.491 e. The molecule has 0 saturated heterocycles. The van der Waals surface area contributed by atoms with E-state index in [1.807, 2.05) is 72.8 Å². The molecule has 1 aromatic heterocycles. The van der Waals surface area contributed by atoms with Gasteiger partial charge in [0.25, 0.3) is 5.56 Å². The minimum absolute atomic E-state index is 0.144. The van der Waals surface area contributed by atoms with Gasteiger partial charge in [-0.3, -0.25) is 4.79 Å². The average Bonchev–Trinajstić information content (AvgIpc) is 2.72. The van der Waals surface area contributed by atoms with E-state index < -0.39 is 0 Å². The van der Waals surface area contributed by atoms with Gasteiger partial charge in [-0.1, -0.05) is 80.4 Å². The Balaban J connectivity index is 2.02. The van der Waals surface area contributed by atoms with Gasteiger partial charge in [0.1, 0.15) is 0 Å². The van der Waals surface area contributed by atoms with E-state index >= 15 is 0 Å². The van der Waals surface area contributed by atoms with Gasteiger partial charge in [0.05, 0.1) is 19.2 Å². The van der Waals surface area contributed by atoms with Crippen LogP contribution in [0.1, 0.15) is 5.56 Å². The predicted octanol–water partition coefficient (Wildman–Crippen LogP) is 6.25. The molecule has 0 aliphatic carbocycles.